The third-order valence-corrected chi connectivity index (χ3v) is 2.25. The lowest BCUT2D eigenvalue weighted by Gasteiger charge is -2.20. The highest BCUT2D eigenvalue weighted by molar-refractivity contribution is 5.77. The number of aliphatic hydroxyl groups excluding tert-OH is 2. The van der Waals surface area contributed by atoms with Gasteiger partial charge >= 0.3 is 0 Å². The van der Waals surface area contributed by atoms with Crippen LogP contribution in [0.4, 0.5) is 4.39 Å². The lowest BCUT2D eigenvalue weighted by molar-refractivity contribution is -0.134. The summed E-state index contributed by atoms with van der Waals surface area (Å²) < 4.78 is 18.0. The van der Waals surface area contributed by atoms with Gasteiger partial charge in [0.1, 0.15) is 11.6 Å². The summed E-state index contributed by atoms with van der Waals surface area (Å²) in [5.74, 6) is -0.554. The summed E-state index contributed by atoms with van der Waals surface area (Å²) in [5, 5.41) is 17.5. The number of halogens is 1. The van der Waals surface area contributed by atoms with Crippen molar-refractivity contribution in [3.63, 3.8) is 0 Å². The second kappa shape index (κ2) is 7.62. The van der Waals surface area contributed by atoms with E-state index in [9.17, 15) is 9.18 Å². The van der Waals surface area contributed by atoms with Gasteiger partial charge in [-0.3, -0.25) is 4.79 Å². The number of carbonyl (C=O) groups excluding carboxylic acids is 1. The zero-order valence-electron chi connectivity index (χ0n) is 9.88. The summed E-state index contributed by atoms with van der Waals surface area (Å²) in [5.41, 5.74) is 0. The minimum atomic E-state index is -0.442. The first-order chi connectivity index (χ1) is 8.67. The van der Waals surface area contributed by atoms with E-state index in [0.29, 0.717) is 0 Å². The maximum Gasteiger partial charge on any atom is 0.260 e. The molecular weight excluding hydrogens is 241 g/mol. The van der Waals surface area contributed by atoms with Gasteiger partial charge in [-0.25, -0.2) is 4.39 Å². The summed E-state index contributed by atoms with van der Waals surface area (Å²) in [4.78, 5) is 12.9. The zero-order chi connectivity index (χ0) is 13.4. The SMILES string of the molecule is O=C(COc1cccc(F)c1)N(CCO)CCO. The number of nitrogens with zero attached hydrogens (tertiary/aromatic N) is 1. The van der Waals surface area contributed by atoms with Crippen molar-refractivity contribution in [2.45, 2.75) is 0 Å². The van der Waals surface area contributed by atoms with E-state index in [2.05, 4.69) is 0 Å². The van der Waals surface area contributed by atoms with Crippen LogP contribution in [0.1, 0.15) is 0 Å². The number of carbonyl (C=O) groups is 1. The van der Waals surface area contributed by atoms with Gasteiger partial charge < -0.3 is 19.8 Å². The predicted molar refractivity (Wildman–Crippen MR) is 62.6 cm³/mol. The normalized spacial score (nSPS) is 10.2. The number of hydrogen-bond donors (Lipinski definition) is 2. The first-order valence-corrected chi connectivity index (χ1v) is 5.55. The molecule has 0 unspecified atom stereocenters. The molecule has 18 heavy (non-hydrogen) atoms. The molecule has 0 saturated carbocycles. The molecule has 0 aliphatic carbocycles. The maximum absolute atomic E-state index is 12.9. The van der Waals surface area contributed by atoms with Crippen LogP contribution in [-0.4, -0.2) is 53.9 Å². The summed E-state index contributed by atoms with van der Waals surface area (Å²) in [6.07, 6.45) is 0. The predicted octanol–water partition coefficient (Wildman–Crippen LogP) is 0.0177. The van der Waals surface area contributed by atoms with Crippen molar-refractivity contribution >= 4 is 5.91 Å². The fraction of sp³-hybridized carbons (Fsp3) is 0.417. The largest absolute Gasteiger partial charge is 0.484 e. The Kier molecular flexibility index (Phi) is 6.10. The molecule has 1 amide bonds. The van der Waals surface area contributed by atoms with Crippen LogP contribution >= 0.6 is 0 Å². The molecule has 0 spiro atoms. The average Bonchev–Trinajstić information content (AvgIpc) is 2.36. The van der Waals surface area contributed by atoms with Crippen molar-refractivity contribution < 1.29 is 24.1 Å². The van der Waals surface area contributed by atoms with Crippen molar-refractivity contribution in [3.8, 4) is 5.75 Å². The topological polar surface area (TPSA) is 70.0 Å². The van der Waals surface area contributed by atoms with Gasteiger partial charge in [0.2, 0.25) is 0 Å². The smallest absolute Gasteiger partial charge is 0.260 e. The Bertz CT molecular complexity index is 380. The van der Waals surface area contributed by atoms with E-state index in [1.54, 1.807) is 6.07 Å². The number of rotatable bonds is 7. The molecule has 1 aromatic rings. The van der Waals surface area contributed by atoms with Gasteiger partial charge in [0, 0.05) is 19.2 Å². The standard InChI is InChI=1S/C12H16FNO4/c13-10-2-1-3-11(8-10)18-9-12(17)14(4-6-15)5-7-16/h1-3,8,15-16H,4-7,9H2. The van der Waals surface area contributed by atoms with Crippen LogP contribution in [0, 0.1) is 5.82 Å². The van der Waals surface area contributed by atoms with Crippen LogP contribution in [-0.2, 0) is 4.79 Å². The van der Waals surface area contributed by atoms with Gasteiger partial charge in [-0.15, -0.1) is 0 Å². The Balaban J connectivity index is 2.48. The molecule has 1 aromatic carbocycles. The number of amides is 1. The quantitative estimate of drug-likeness (QED) is 0.722. The molecule has 100 valence electrons. The number of hydrogen-bond acceptors (Lipinski definition) is 4. The van der Waals surface area contributed by atoms with Gasteiger partial charge in [0.15, 0.2) is 6.61 Å². The maximum atomic E-state index is 12.9. The molecule has 0 fully saturated rings. The Labute approximate surface area is 104 Å². The molecule has 0 aliphatic heterocycles. The molecule has 0 saturated heterocycles. The Morgan fingerprint density at radius 2 is 1.94 bits per heavy atom. The second-order valence-electron chi connectivity index (χ2n) is 3.57. The van der Waals surface area contributed by atoms with E-state index in [1.165, 1.54) is 23.1 Å². The Hall–Kier alpha value is -1.66. The molecule has 5 nitrogen and oxygen atoms in total. The molecule has 2 N–H and O–H groups in total. The van der Waals surface area contributed by atoms with E-state index in [4.69, 9.17) is 14.9 Å². The third-order valence-electron chi connectivity index (χ3n) is 2.25. The molecule has 1 rings (SSSR count). The molecule has 0 radical (unpaired) electrons. The average molecular weight is 257 g/mol. The summed E-state index contributed by atoms with van der Waals surface area (Å²) in [6, 6.07) is 5.47. The molecular formula is C12H16FNO4. The number of benzene rings is 1. The van der Waals surface area contributed by atoms with Gasteiger partial charge in [-0.2, -0.15) is 0 Å². The second-order valence-corrected chi connectivity index (χ2v) is 3.57. The van der Waals surface area contributed by atoms with Crippen LogP contribution in [0.2, 0.25) is 0 Å². The zero-order valence-corrected chi connectivity index (χ0v) is 9.88. The van der Waals surface area contributed by atoms with E-state index in [0.717, 1.165) is 0 Å². The minimum absolute atomic E-state index is 0.131. The molecule has 0 aromatic heterocycles. The summed E-state index contributed by atoms with van der Waals surface area (Å²) in [6.45, 7) is -0.376. The van der Waals surface area contributed by atoms with Crippen LogP contribution in [0.3, 0.4) is 0 Å². The fourth-order valence-corrected chi connectivity index (χ4v) is 1.40. The van der Waals surface area contributed by atoms with Crippen molar-refractivity contribution in [2.24, 2.45) is 0 Å². The van der Waals surface area contributed by atoms with Crippen LogP contribution in [0.25, 0.3) is 0 Å². The monoisotopic (exact) mass is 257 g/mol. The highest BCUT2D eigenvalue weighted by Gasteiger charge is 2.13. The molecule has 0 bridgehead atoms. The van der Waals surface area contributed by atoms with Crippen LogP contribution in [0.5, 0.6) is 5.75 Å². The van der Waals surface area contributed by atoms with E-state index in [-0.39, 0.29) is 44.6 Å². The lowest BCUT2D eigenvalue weighted by Crippen LogP contribution is -2.38. The van der Waals surface area contributed by atoms with Crippen molar-refractivity contribution in [1.29, 1.82) is 0 Å². The van der Waals surface area contributed by atoms with Gasteiger partial charge in [0.05, 0.1) is 13.2 Å². The molecule has 0 aliphatic rings. The third kappa shape index (κ3) is 4.68. The highest BCUT2D eigenvalue weighted by Crippen LogP contribution is 2.11. The van der Waals surface area contributed by atoms with Gasteiger partial charge in [-0.1, -0.05) is 6.07 Å². The van der Waals surface area contributed by atoms with Crippen LogP contribution in [0.15, 0.2) is 24.3 Å². The fourth-order valence-electron chi connectivity index (χ4n) is 1.40. The summed E-state index contributed by atoms with van der Waals surface area (Å²) >= 11 is 0. The first kappa shape index (κ1) is 14.4. The number of ether oxygens (including phenoxy) is 1. The van der Waals surface area contributed by atoms with Gasteiger partial charge in [-0.05, 0) is 12.1 Å². The Morgan fingerprint density at radius 3 is 2.50 bits per heavy atom. The minimum Gasteiger partial charge on any atom is -0.484 e. The van der Waals surface area contributed by atoms with E-state index < -0.39 is 5.82 Å². The van der Waals surface area contributed by atoms with Crippen LogP contribution < -0.4 is 4.74 Å². The first-order valence-electron chi connectivity index (χ1n) is 5.55. The van der Waals surface area contributed by atoms with E-state index in [1.807, 2.05) is 0 Å². The molecule has 0 atom stereocenters. The van der Waals surface area contributed by atoms with E-state index >= 15 is 0 Å². The molecule has 6 heteroatoms. The van der Waals surface area contributed by atoms with Crippen molar-refractivity contribution in [2.75, 3.05) is 32.9 Å². The lowest BCUT2D eigenvalue weighted by atomic mass is 10.3. The van der Waals surface area contributed by atoms with Crippen molar-refractivity contribution in [3.05, 3.63) is 30.1 Å². The van der Waals surface area contributed by atoms with Gasteiger partial charge in [0.25, 0.3) is 5.91 Å². The molecule has 0 heterocycles. The summed E-state index contributed by atoms with van der Waals surface area (Å²) in [7, 11) is 0. The number of aliphatic hydroxyl groups is 2. The Morgan fingerprint density at radius 1 is 1.28 bits per heavy atom. The highest BCUT2D eigenvalue weighted by atomic mass is 19.1. The van der Waals surface area contributed by atoms with Crippen molar-refractivity contribution in [1.82, 2.24) is 4.90 Å².